The van der Waals surface area contributed by atoms with Crippen molar-refractivity contribution in [3.63, 3.8) is 0 Å². The maximum Gasteiger partial charge on any atom is 0.131 e. The number of hydrogen-bond acceptors (Lipinski definition) is 5. The molecule has 0 radical (unpaired) electrons. The molecule has 90 valence electrons. The van der Waals surface area contributed by atoms with Crippen molar-refractivity contribution in [2.24, 2.45) is 0 Å². The van der Waals surface area contributed by atoms with Gasteiger partial charge in [-0.3, -0.25) is 0 Å². The van der Waals surface area contributed by atoms with Crippen LogP contribution in [-0.4, -0.2) is 49.1 Å². The van der Waals surface area contributed by atoms with E-state index in [1.807, 2.05) is 13.1 Å². The molecule has 5 nitrogen and oxygen atoms in total. The van der Waals surface area contributed by atoms with Gasteiger partial charge in [-0.05, 0) is 33.5 Å². The van der Waals surface area contributed by atoms with E-state index in [0.29, 0.717) is 0 Å². The Morgan fingerprint density at radius 3 is 2.62 bits per heavy atom. The minimum atomic E-state index is 0.839. The van der Waals surface area contributed by atoms with Crippen LogP contribution in [0.1, 0.15) is 12.8 Å². The molecule has 0 spiro atoms. The molecular weight excluding hydrogens is 202 g/mol. The molecule has 0 aliphatic carbocycles. The van der Waals surface area contributed by atoms with Gasteiger partial charge in [0.05, 0.1) is 0 Å². The van der Waals surface area contributed by atoms with Gasteiger partial charge in [-0.2, -0.15) is 0 Å². The molecule has 1 heterocycles. The first kappa shape index (κ1) is 12.7. The summed E-state index contributed by atoms with van der Waals surface area (Å²) in [4.78, 5) is 10.4. The fourth-order valence-corrected chi connectivity index (χ4v) is 1.36. The molecule has 0 fully saturated rings. The topological polar surface area (TPSA) is 53.1 Å². The van der Waals surface area contributed by atoms with E-state index in [-0.39, 0.29) is 0 Å². The van der Waals surface area contributed by atoms with Crippen LogP contribution >= 0.6 is 0 Å². The van der Waals surface area contributed by atoms with Crippen LogP contribution in [0.3, 0.4) is 0 Å². The predicted octanol–water partition coefficient (Wildman–Crippen LogP) is 1.27. The molecule has 0 unspecified atom stereocenters. The van der Waals surface area contributed by atoms with E-state index in [4.69, 9.17) is 0 Å². The van der Waals surface area contributed by atoms with E-state index in [9.17, 15) is 0 Å². The molecule has 2 N–H and O–H groups in total. The van der Waals surface area contributed by atoms with Crippen molar-refractivity contribution in [2.75, 3.05) is 44.9 Å². The summed E-state index contributed by atoms with van der Waals surface area (Å²) >= 11 is 0. The first-order valence-electron chi connectivity index (χ1n) is 5.61. The van der Waals surface area contributed by atoms with Crippen LogP contribution in [0.2, 0.25) is 0 Å². The van der Waals surface area contributed by atoms with Crippen molar-refractivity contribution >= 4 is 11.6 Å². The zero-order valence-corrected chi connectivity index (χ0v) is 10.3. The van der Waals surface area contributed by atoms with E-state index in [2.05, 4.69) is 39.6 Å². The highest BCUT2D eigenvalue weighted by molar-refractivity contribution is 5.45. The molecule has 0 atom stereocenters. The van der Waals surface area contributed by atoms with E-state index in [1.165, 1.54) is 6.42 Å². The van der Waals surface area contributed by atoms with Gasteiger partial charge in [0.2, 0.25) is 0 Å². The monoisotopic (exact) mass is 223 g/mol. The number of hydrogen-bond donors (Lipinski definition) is 2. The summed E-state index contributed by atoms with van der Waals surface area (Å²) < 4.78 is 0. The third kappa shape index (κ3) is 4.93. The second-order valence-electron chi connectivity index (χ2n) is 3.98. The normalized spacial score (nSPS) is 10.5. The van der Waals surface area contributed by atoms with Crippen LogP contribution in [-0.2, 0) is 0 Å². The Bertz CT molecular complexity index is 300. The highest BCUT2D eigenvalue weighted by Gasteiger charge is 1.96. The van der Waals surface area contributed by atoms with E-state index >= 15 is 0 Å². The van der Waals surface area contributed by atoms with Crippen LogP contribution in [0, 0.1) is 0 Å². The van der Waals surface area contributed by atoms with Crippen molar-refractivity contribution in [3.05, 3.63) is 12.4 Å². The van der Waals surface area contributed by atoms with Crippen molar-refractivity contribution in [2.45, 2.75) is 12.8 Å². The average Bonchev–Trinajstić information content (AvgIpc) is 2.28. The molecule has 0 aliphatic heterocycles. The van der Waals surface area contributed by atoms with Gasteiger partial charge in [0.15, 0.2) is 0 Å². The standard InChI is InChI=1S/C11H21N5/c1-12-10-8-11(15-9-14-10)13-6-4-5-7-16(2)3/h8-9H,4-7H2,1-3H3,(H2,12,13,14,15). The maximum absolute atomic E-state index is 4.15. The lowest BCUT2D eigenvalue weighted by Gasteiger charge is -2.09. The smallest absolute Gasteiger partial charge is 0.131 e. The van der Waals surface area contributed by atoms with E-state index in [1.54, 1.807) is 6.33 Å². The highest BCUT2D eigenvalue weighted by Crippen LogP contribution is 2.07. The zero-order valence-electron chi connectivity index (χ0n) is 10.3. The lowest BCUT2D eigenvalue weighted by Crippen LogP contribution is -2.14. The minimum absolute atomic E-state index is 0.839. The lowest BCUT2D eigenvalue weighted by atomic mass is 10.3. The van der Waals surface area contributed by atoms with Gasteiger partial charge in [-0.25, -0.2) is 9.97 Å². The van der Waals surface area contributed by atoms with Crippen LogP contribution in [0.25, 0.3) is 0 Å². The first-order chi connectivity index (χ1) is 7.72. The van der Waals surface area contributed by atoms with Crippen LogP contribution in [0.5, 0.6) is 0 Å². The molecule has 16 heavy (non-hydrogen) atoms. The van der Waals surface area contributed by atoms with Crippen molar-refractivity contribution < 1.29 is 0 Å². The predicted molar refractivity (Wildman–Crippen MR) is 67.9 cm³/mol. The van der Waals surface area contributed by atoms with Crippen LogP contribution < -0.4 is 10.6 Å². The Hall–Kier alpha value is -1.36. The quantitative estimate of drug-likeness (QED) is 0.682. The second kappa shape index (κ2) is 7.00. The van der Waals surface area contributed by atoms with Gasteiger partial charge in [0.1, 0.15) is 18.0 Å². The third-order valence-electron chi connectivity index (χ3n) is 2.26. The molecular formula is C11H21N5. The SMILES string of the molecule is CNc1cc(NCCCCN(C)C)ncn1. The number of aromatic nitrogens is 2. The van der Waals surface area contributed by atoms with Gasteiger partial charge in [-0.1, -0.05) is 0 Å². The molecule has 5 heteroatoms. The summed E-state index contributed by atoms with van der Waals surface area (Å²) in [6.45, 7) is 2.08. The molecule has 1 rings (SSSR count). The lowest BCUT2D eigenvalue weighted by molar-refractivity contribution is 0.396. The van der Waals surface area contributed by atoms with Gasteiger partial charge in [-0.15, -0.1) is 0 Å². The Labute approximate surface area is 97.3 Å². The Morgan fingerprint density at radius 1 is 1.19 bits per heavy atom. The fourth-order valence-electron chi connectivity index (χ4n) is 1.36. The Balaban J connectivity index is 2.21. The Kier molecular flexibility index (Phi) is 5.56. The fraction of sp³-hybridized carbons (Fsp3) is 0.636. The largest absolute Gasteiger partial charge is 0.373 e. The summed E-state index contributed by atoms with van der Waals surface area (Å²) in [5.41, 5.74) is 0. The molecule has 1 aromatic rings. The highest BCUT2D eigenvalue weighted by atomic mass is 15.1. The molecule has 0 bridgehead atoms. The molecule has 0 aliphatic rings. The van der Waals surface area contributed by atoms with Crippen LogP contribution in [0.4, 0.5) is 11.6 Å². The van der Waals surface area contributed by atoms with Crippen molar-refractivity contribution in [1.82, 2.24) is 14.9 Å². The number of nitrogens with one attached hydrogen (secondary N) is 2. The molecule has 0 aromatic carbocycles. The van der Waals surface area contributed by atoms with Crippen molar-refractivity contribution in [3.8, 4) is 0 Å². The van der Waals surface area contributed by atoms with E-state index in [0.717, 1.165) is 31.1 Å². The molecule has 1 aromatic heterocycles. The first-order valence-corrected chi connectivity index (χ1v) is 5.61. The van der Waals surface area contributed by atoms with Crippen LogP contribution in [0.15, 0.2) is 12.4 Å². The zero-order chi connectivity index (χ0) is 11.8. The molecule has 0 saturated heterocycles. The summed E-state index contributed by atoms with van der Waals surface area (Å²) in [5.74, 6) is 1.72. The summed E-state index contributed by atoms with van der Waals surface area (Å²) in [7, 11) is 6.04. The minimum Gasteiger partial charge on any atom is -0.373 e. The number of rotatable bonds is 7. The van der Waals surface area contributed by atoms with E-state index < -0.39 is 0 Å². The number of nitrogens with zero attached hydrogens (tertiary/aromatic N) is 3. The van der Waals surface area contributed by atoms with Gasteiger partial charge >= 0.3 is 0 Å². The maximum atomic E-state index is 4.15. The van der Waals surface area contributed by atoms with Gasteiger partial charge in [0.25, 0.3) is 0 Å². The third-order valence-corrected chi connectivity index (χ3v) is 2.26. The number of unbranched alkanes of at least 4 members (excludes halogenated alkanes) is 1. The molecule has 0 amide bonds. The van der Waals surface area contributed by atoms with Gasteiger partial charge < -0.3 is 15.5 Å². The summed E-state index contributed by atoms with van der Waals surface area (Å²) in [6.07, 6.45) is 3.91. The average molecular weight is 223 g/mol. The summed E-state index contributed by atoms with van der Waals surface area (Å²) in [6, 6.07) is 1.91. The Morgan fingerprint density at radius 2 is 1.94 bits per heavy atom. The second-order valence-corrected chi connectivity index (χ2v) is 3.98. The van der Waals surface area contributed by atoms with Crippen molar-refractivity contribution in [1.29, 1.82) is 0 Å². The number of anilines is 2. The summed E-state index contributed by atoms with van der Waals surface area (Å²) in [5, 5.41) is 6.27. The van der Waals surface area contributed by atoms with Gasteiger partial charge in [0, 0.05) is 19.7 Å². The molecule has 0 saturated carbocycles.